The van der Waals surface area contributed by atoms with E-state index in [-0.39, 0.29) is 0 Å². The van der Waals surface area contributed by atoms with Crippen LogP contribution in [0, 0.1) is 5.92 Å². The zero-order valence-electron chi connectivity index (χ0n) is 11.4. The number of rotatable bonds is 6. The van der Waals surface area contributed by atoms with Crippen molar-refractivity contribution >= 4 is 15.9 Å². The van der Waals surface area contributed by atoms with Gasteiger partial charge in [0, 0.05) is 11.2 Å². The molecule has 1 aromatic carbocycles. The van der Waals surface area contributed by atoms with Gasteiger partial charge in [-0.05, 0) is 42.4 Å². The van der Waals surface area contributed by atoms with Crippen molar-refractivity contribution < 1.29 is 4.74 Å². The lowest BCUT2D eigenvalue weighted by Gasteiger charge is -2.13. The maximum Gasteiger partial charge on any atom is 0.122 e. The molecule has 1 heterocycles. The Bertz CT molecular complexity index is 387. The summed E-state index contributed by atoms with van der Waals surface area (Å²) in [5, 5.41) is 0. The molecule has 0 aliphatic carbocycles. The van der Waals surface area contributed by atoms with Crippen molar-refractivity contribution in [3.05, 3.63) is 29.3 Å². The third-order valence-electron chi connectivity index (χ3n) is 3.67. The van der Waals surface area contributed by atoms with E-state index in [0.29, 0.717) is 4.83 Å². The first-order chi connectivity index (χ1) is 8.66. The van der Waals surface area contributed by atoms with Crippen molar-refractivity contribution in [2.75, 3.05) is 6.61 Å². The van der Waals surface area contributed by atoms with Gasteiger partial charge >= 0.3 is 0 Å². The fraction of sp³-hybridized carbons (Fsp3) is 0.625. The van der Waals surface area contributed by atoms with Crippen LogP contribution in [0.15, 0.2) is 18.2 Å². The molecule has 2 rings (SSSR count). The molecule has 0 saturated carbocycles. The Balaban J connectivity index is 1.74. The van der Waals surface area contributed by atoms with Gasteiger partial charge in [-0.1, -0.05) is 48.3 Å². The van der Waals surface area contributed by atoms with Crippen LogP contribution in [0.25, 0.3) is 0 Å². The summed E-state index contributed by atoms with van der Waals surface area (Å²) in [7, 11) is 0. The Labute approximate surface area is 119 Å². The number of fused-ring (bicyclic) bond motifs is 1. The average molecular weight is 311 g/mol. The average Bonchev–Trinajstić information content (AvgIpc) is 2.81. The molecule has 2 heteroatoms. The van der Waals surface area contributed by atoms with Crippen LogP contribution in [0.3, 0.4) is 0 Å². The molecular formula is C16H23BrO. The van der Waals surface area contributed by atoms with E-state index in [1.807, 2.05) is 0 Å². The van der Waals surface area contributed by atoms with Gasteiger partial charge in [-0.3, -0.25) is 0 Å². The highest BCUT2D eigenvalue weighted by Crippen LogP contribution is 2.26. The lowest BCUT2D eigenvalue weighted by Crippen LogP contribution is -2.06. The van der Waals surface area contributed by atoms with Gasteiger partial charge in [0.15, 0.2) is 0 Å². The van der Waals surface area contributed by atoms with Gasteiger partial charge in [0.1, 0.15) is 5.75 Å². The first-order valence-corrected chi connectivity index (χ1v) is 7.97. The highest BCUT2D eigenvalue weighted by atomic mass is 79.9. The smallest absolute Gasteiger partial charge is 0.122 e. The molecule has 0 radical (unpaired) electrons. The maximum atomic E-state index is 5.53. The number of alkyl halides is 1. The molecule has 100 valence electrons. The van der Waals surface area contributed by atoms with Crippen LogP contribution in [-0.4, -0.2) is 11.4 Å². The number of hydrogen-bond donors (Lipinski definition) is 0. The SMILES string of the molecule is CC(C)C(Br)CCCCc1ccc2c(c1)CCO2. The van der Waals surface area contributed by atoms with Crippen molar-refractivity contribution in [1.82, 2.24) is 0 Å². The van der Waals surface area contributed by atoms with Gasteiger partial charge in [0.05, 0.1) is 6.61 Å². The summed E-state index contributed by atoms with van der Waals surface area (Å²) in [6, 6.07) is 6.69. The van der Waals surface area contributed by atoms with Crippen molar-refractivity contribution in [2.45, 2.75) is 50.8 Å². The van der Waals surface area contributed by atoms with Gasteiger partial charge < -0.3 is 4.74 Å². The summed E-state index contributed by atoms with van der Waals surface area (Å²) in [4.78, 5) is 0.672. The summed E-state index contributed by atoms with van der Waals surface area (Å²) in [6.07, 6.45) is 6.16. The molecule has 0 aromatic heterocycles. The number of halogens is 1. The van der Waals surface area contributed by atoms with Crippen LogP contribution in [0.5, 0.6) is 5.75 Å². The van der Waals surface area contributed by atoms with Crippen LogP contribution < -0.4 is 4.74 Å². The fourth-order valence-corrected chi connectivity index (χ4v) is 2.72. The third kappa shape index (κ3) is 3.74. The Morgan fingerprint density at radius 3 is 2.89 bits per heavy atom. The molecule has 0 saturated heterocycles. The predicted octanol–water partition coefficient (Wildman–Crippen LogP) is 4.75. The summed E-state index contributed by atoms with van der Waals surface area (Å²) in [6.45, 7) is 5.41. The normalized spacial score (nSPS) is 15.6. The van der Waals surface area contributed by atoms with Gasteiger partial charge in [-0.15, -0.1) is 0 Å². The van der Waals surface area contributed by atoms with Crippen molar-refractivity contribution in [2.24, 2.45) is 5.92 Å². The molecular weight excluding hydrogens is 288 g/mol. The first-order valence-electron chi connectivity index (χ1n) is 7.05. The van der Waals surface area contributed by atoms with E-state index in [2.05, 4.69) is 48.0 Å². The van der Waals surface area contributed by atoms with Crippen LogP contribution in [0.1, 0.15) is 44.2 Å². The zero-order valence-corrected chi connectivity index (χ0v) is 13.0. The number of ether oxygens (including phenoxy) is 1. The number of unbranched alkanes of at least 4 members (excludes halogenated alkanes) is 1. The Morgan fingerprint density at radius 2 is 2.11 bits per heavy atom. The second kappa shape index (κ2) is 6.60. The zero-order chi connectivity index (χ0) is 13.0. The van der Waals surface area contributed by atoms with Gasteiger partial charge in [0.2, 0.25) is 0 Å². The van der Waals surface area contributed by atoms with Crippen molar-refractivity contribution in [3.63, 3.8) is 0 Å². The van der Waals surface area contributed by atoms with E-state index in [1.165, 1.54) is 36.8 Å². The van der Waals surface area contributed by atoms with Crippen LogP contribution in [0.4, 0.5) is 0 Å². The van der Waals surface area contributed by atoms with Crippen LogP contribution in [0.2, 0.25) is 0 Å². The third-order valence-corrected chi connectivity index (χ3v) is 5.19. The summed E-state index contributed by atoms with van der Waals surface area (Å²) in [5.74, 6) is 1.83. The molecule has 0 amide bonds. The Kier molecular flexibility index (Phi) is 5.11. The maximum absolute atomic E-state index is 5.53. The molecule has 1 aliphatic rings. The quantitative estimate of drug-likeness (QED) is 0.544. The topological polar surface area (TPSA) is 9.23 Å². The predicted molar refractivity (Wildman–Crippen MR) is 80.7 cm³/mol. The van der Waals surface area contributed by atoms with Gasteiger partial charge in [-0.2, -0.15) is 0 Å². The van der Waals surface area contributed by atoms with Crippen molar-refractivity contribution in [1.29, 1.82) is 0 Å². The first kappa shape index (κ1) is 13.9. The molecule has 0 fully saturated rings. The van der Waals surface area contributed by atoms with Crippen LogP contribution >= 0.6 is 15.9 Å². The lowest BCUT2D eigenvalue weighted by atomic mass is 10.0. The fourth-order valence-electron chi connectivity index (χ4n) is 2.40. The molecule has 0 spiro atoms. The van der Waals surface area contributed by atoms with Crippen molar-refractivity contribution in [3.8, 4) is 5.75 Å². The Morgan fingerprint density at radius 1 is 1.28 bits per heavy atom. The summed E-state index contributed by atoms with van der Waals surface area (Å²) < 4.78 is 5.53. The molecule has 1 unspecified atom stereocenters. The standard InChI is InChI=1S/C16H23BrO/c1-12(2)15(17)6-4-3-5-13-7-8-16-14(11-13)9-10-18-16/h7-8,11-12,15H,3-6,9-10H2,1-2H3. The molecule has 18 heavy (non-hydrogen) atoms. The van der Waals surface area contributed by atoms with E-state index < -0.39 is 0 Å². The monoisotopic (exact) mass is 310 g/mol. The molecule has 0 N–H and O–H groups in total. The highest BCUT2D eigenvalue weighted by Gasteiger charge is 2.12. The van der Waals surface area contributed by atoms with Gasteiger partial charge in [-0.25, -0.2) is 0 Å². The molecule has 1 nitrogen and oxygen atoms in total. The number of benzene rings is 1. The van der Waals surface area contributed by atoms with E-state index in [4.69, 9.17) is 4.74 Å². The second-order valence-electron chi connectivity index (χ2n) is 5.55. The molecule has 1 aromatic rings. The second-order valence-corrected chi connectivity index (χ2v) is 6.72. The van der Waals surface area contributed by atoms with E-state index in [9.17, 15) is 0 Å². The number of hydrogen-bond acceptors (Lipinski definition) is 1. The van der Waals surface area contributed by atoms with E-state index in [1.54, 1.807) is 0 Å². The number of aryl methyl sites for hydroxylation is 1. The van der Waals surface area contributed by atoms with E-state index in [0.717, 1.165) is 24.7 Å². The summed E-state index contributed by atoms with van der Waals surface area (Å²) >= 11 is 3.75. The molecule has 1 atom stereocenters. The largest absolute Gasteiger partial charge is 0.493 e. The molecule has 1 aliphatic heterocycles. The minimum Gasteiger partial charge on any atom is -0.493 e. The lowest BCUT2D eigenvalue weighted by molar-refractivity contribution is 0.357. The minimum absolute atomic E-state index is 0.672. The highest BCUT2D eigenvalue weighted by molar-refractivity contribution is 9.09. The minimum atomic E-state index is 0.672. The summed E-state index contributed by atoms with van der Waals surface area (Å²) in [5.41, 5.74) is 2.86. The van der Waals surface area contributed by atoms with Gasteiger partial charge in [0.25, 0.3) is 0 Å². The Hall–Kier alpha value is -0.500. The van der Waals surface area contributed by atoms with E-state index >= 15 is 0 Å². The molecule has 0 bridgehead atoms. The van der Waals surface area contributed by atoms with Crippen LogP contribution in [-0.2, 0) is 12.8 Å².